The summed E-state index contributed by atoms with van der Waals surface area (Å²) in [5.74, 6) is -0.236. The number of hydrogen-bond donors (Lipinski definition) is 0. The Morgan fingerprint density at radius 2 is 2.00 bits per heavy atom. The average molecular weight is 416 g/mol. The lowest BCUT2D eigenvalue weighted by atomic mass is 10.0. The summed E-state index contributed by atoms with van der Waals surface area (Å²) in [5, 5.41) is 0. The van der Waals surface area contributed by atoms with Crippen LogP contribution in [-0.2, 0) is 11.2 Å². The second kappa shape index (κ2) is 7.25. The van der Waals surface area contributed by atoms with Gasteiger partial charge in [-0.25, -0.2) is 0 Å². The van der Waals surface area contributed by atoms with E-state index in [1.165, 1.54) is 12.1 Å². The molecule has 7 heteroatoms. The number of anilines is 2. The quantitative estimate of drug-likeness (QED) is 0.650. The van der Waals surface area contributed by atoms with E-state index < -0.39 is 6.36 Å². The van der Waals surface area contributed by atoms with Crippen LogP contribution in [0.25, 0.3) is 0 Å². The van der Waals surface area contributed by atoms with Crippen molar-refractivity contribution < 1.29 is 22.6 Å². The fourth-order valence-electron chi connectivity index (χ4n) is 2.93. The van der Waals surface area contributed by atoms with Crippen LogP contribution in [0.2, 0.25) is 0 Å². The van der Waals surface area contributed by atoms with Crippen LogP contribution in [-0.4, -0.2) is 25.6 Å². The molecule has 0 bridgehead atoms. The second-order valence-electron chi connectivity index (χ2n) is 5.86. The van der Waals surface area contributed by atoms with Gasteiger partial charge in [0.05, 0.1) is 12.7 Å². The Hall–Kier alpha value is -1.73. The second-order valence-corrected chi connectivity index (χ2v) is 6.77. The molecule has 134 valence electrons. The number of hydrogen-bond acceptors (Lipinski definition) is 3. The number of benzene rings is 2. The fourth-order valence-corrected chi connectivity index (χ4v) is 3.34. The lowest BCUT2D eigenvalue weighted by Crippen LogP contribution is -2.29. The minimum absolute atomic E-state index is 0.0788. The first kappa shape index (κ1) is 18.1. The molecule has 2 aromatic carbocycles. The van der Waals surface area contributed by atoms with Crippen LogP contribution in [0, 0.1) is 0 Å². The SMILES string of the molecule is CC1Cc2cc(Br)ccc2N(c2cccc(OC(F)(F)F)c2)CCO1. The molecule has 0 fully saturated rings. The highest BCUT2D eigenvalue weighted by molar-refractivity contribution is 9.10. The monoisotopic (exact) mass is 415 g/mol. The first-order valence-corrected chi connectivity index (χ1v) is 8.64. The minimum Gasteiger partial charge on any atom is -0.406 e. The third kappa shape index (κ3) is 4.67. The number of halogens is 4. The minimum atomic E-state index is -4.71. The van der Waals surface area contributed by atoms with Gasteiger partial charge >= 0.3 is 6.36 Å². The molecule has 0 spiro atoms. The molecule has 1 unspecified atom stereocenters. The largest absolute Gasteiger partial charge is 0.573 e. The Morgan fingerprint density at radius 3 is 2.76 bits per heavy atom. The predicted octanol–water partition coefficient (Wildman–Crippen LogP) is 5.45. The summed E-state index contributed by atoms with van der Waals surface area (Å²) in [6, 6.07) is 11.9. The van der Waals surface area contributed by atoms with Gasteiger partial charge in [-0.2, -0.15) is 0 Å². The van der Waals surface area contributed by atoms with E-state index in [2.05, 4.69) is 20.7 Å². The zero-order chi connectivity index (χ0) is 18.0. The summed E-state index contributed by atoms with van der Waals surface area (Å²) in [7, 11) is 0. The first-order valence-electron chi connectivity index (χ1n) is 7.85. The Labute approximate surface area is 152 Å². The predicted molar refractivity (Wildman–Crippen MR) is 93.4 cm³/mol. The molecule has 3 nitrogen and oxygen atoms in total. The average Bonchev–Trinajstić information content (AvgIpc) is 2.49. The number of rotatable bonds is 2. The van der Waals surface area contributed by atoms with Crippen LogP contribution in [0.4, 0.5) is 24.5 Å². The van der Waals surface area contributed by atoms with Crippen LogP contribution in [0.3, 0.4) is 0 Å². The lowest BCUT2D eigenvalue weighted by molar-refractivity contribution is -0.274. The molecule has 0 radical (unpaired) electrons. The highest BCUT2D eigenvalue weighted by atomic mass is 79.9. The van der Waals surface area contributed by atoms with Crippen molar-refractivity contribution in [2.45, 2.75) is 25.8 Å². The molecule has 1 heterocycles. The van der Waals surface area contributed by atoms with Gasteiger partial charge in [-0.3, -0.25) is 0 Å². The van der Waals surface area contributed by atoms with Crippen LogP contribution >= 0.6 is 15.9 Å². The van der Waals surface area contributed by atoms with Gasteiger partial charge in [0.15, 0.2) is 0 Å². The molecule has 0 aliphatic carbocycles. The van der Waals surface area contributed by atoms with E-state index >= 15 is 0 Å². The van der Waals surface area contributed by atoms with Gasteiger partial charge in [-0.05, 0) is 42.8 Å². The molecule has 1 aliphatic rings. The van der Waals surface area contributed by atoms with Crippen LogP contribution in [0.15, 0.2) is 46.9 Å². The molecule has 0 saturated carbocycles. The highest BCUT2D eigenvalue weighted by Gasteiger charge is 2.31. The molecule has 0 amide bonds. The molecule has 1 atom stereocenters. The van der Waals surface area contributed by atoms with Crippen molar-refractivity contribution in [2.75, 3.05) is 18.1 Å². The third-order valence-electron chi connectivity index (χ3n) is 3.92. The molecular weight excluding hydrogens is 399 g/mol. The number of ether oxygens (including phenoxy) is 2. The summed E-state index contributed by atoms with van der Waals surface area (Å²) in [6.45, 7) is 3.04. The van der Waals surface area contributed by atoms with Gasteiger partial charge in [0.25, 0.3) is 0 Å². The standard InChI is InChI=1S/C18H17BrF3NO2/c1-12-9-13-10-14(19)5-6-17(13)23(7-8-24-12)15-3-2-4-16(11-15)25-18(20,21)22/h2-6,10-12H,7-9H2,1H3. The molecule has 3 rings (SSSR count). The maximum Gasteiger partial charge on any atom is 0.573 e. The summed E-state index contributed by atoms with van der Waals surface area (Å²) in [5.41, 5.74) is 2.66. The van der Waals surface area contributed by atoms with Crippen molar-refractivity contribution in [3.63, 3.8) is 0 Å². The topological polar surface area (TPSA) is 21.7 Å². The van der Waals surface area contributed by atoms with Gasteiger partial charge in [0.1, 0.15) is 5.75 Å². The van der Waals surface area contributed by atoms with E-state index in [-0.39, 0.29) is 11.9 Å². The molecule has 1 aliphatic heterocycles. The molecule has 0 saturated heterocycles. The van der Waals surface area contributed by atoms with Crippen molar-refractivity contribution in [2.24, 2.45) is 0 Å². The van der Waals surface area contributed by atoms with E-state index in [1.54, 1.807) is 12.1 Å². The fraction of sp³-hybridized carbons (Fsp3) is 0.333. The Balaban J connectivity index is 1.99. The zero-order valence-electron chi connectivity index (χ0n) is 13.5. The molecule has 0 aromatic heterocycles. The van der Waals surface area contributed by atoms with Gasteiger partial charge in [-0.15, -0.1) is 13.2 Å². The van der Waals surface area contributed by atoms with Crippen LogP contribution < -0.4 is 9.64 Å². The molecule has 25 heavy (non-hydrogen) atoms. The Bertz CT molecular complexity index is 751. The number of fused-ring (bicyclic) bond motifs is 1. The Kier molecular flexibility index (Phi) is 5.24. The lowest BCUT2D eigenvalue weighted by Gasteiger charge is -2.31. The maximum atomic E-state index is 12.5. The van der Waals surface area contributed by atoms with Gasteiger partial charge in [-0.1, -0.05) is 22.0 Å². The third-order valence-corrected chi connectivity index (χ3v) is 4.41. The van der Waals surface area contributed by atoms with E-state index in [4.69, 9.17) is 4.74 Å². The van der Waals surface area contributed by atoms with E-state index in [0.717, 1.165) is 22.1 Å². The summed E-state index contributed by atoms with van der Waals surface area (Å²) in [4.78, 5) is 1.96. The van der Waals surface area contributed by atoms with Crippen molar-refractivity contribution in [1.29, 1.82) is 0 Å². The van der Waals surface area contributed by atoms with Gasteiger partial charge < -0.3 is 14.4 Å². The summed E-state index contributed by atoms with van der Waals surface area (Å²) < 4.78 is 48.3. The smallest absolute Gasteiger partial charge is 0.406 e. The zero-order valence-corrected chi connectivity index (χ0v) is 15.1. The van der Waals surface area contributed by atoms with Crippen molar-refractivity contribution >= 4 is 27.3 Å². The van der Waals surface area contributed by atoms with E-state index in [9.17, 15) is 13.2 Å². The van der Waals surface area contributed by atoms with E-state index in [0.29, 0.717) is 18.8 Å². The summed E-state index contributed by atoms with van der Waals surface area (Å²) in [6.07, 6.45) is -3.91. The van der Waals surface area contributed by atoms with Gasteiger partial charge in [0.2, 0.25) is 0 Å². The Morgan fingerprint density at radius 1 is 1.20 bits per heavy atom. The summed E-state index contributed by atoms with van der Waals surface area (Å²) >= 11 is 3.47. The van der Waals surface area contributed by atoms with Crippen LogP contribution in [0.5, 0.6) is 5.75 Å². The number of nitrogens with zero attached hydrogens (tertiary/aromatic N) is 1. The van der Waals surface area contributed by atoms with Crippen molar-refractivity contribution in [3.05, 3.63) is 52.5 Å². The van der Waals surface area contributed by atoms with Crippen molar-refractivity contribution in [1.82, 2.24) is 0 Å². The number of alkyl halides is 3. The maximum absolute atomic E-state index is 12.5. The van der Waals surface area contributed by atoms with Crippen LogP contribution in [0.1, 0.15) is 12.5 Å². The highest BCUT2D eigenvalue weighted by Crippen LogP contribution is 2.35. The molecule has 0 N–H and O–H groups in total. The first-order chi connectivity index (χ1) is 11.8. The normalized spacial score (nSPS) is 18.3. The molecular formula is C18H17BrF3NO2. The van der Waals surface area contributed by atoms with Crippen molar-refractivity contribution in [3.8, 4) is 5.75 Å². The molecule has 2 aromatic rings. The van der Waals surface area contributed by atoms with Gasteiger partial charge in [0, 0.05) is 34.9 Å². The van der Waals surface area contributed by atoms with E-state index in [1.807, 2.05) is 30.0 Å².